The number of benzene rings is 2. The number of methoxy groups -OCH3 is 2. The van der Waals surface area contributed by atoms with Crippen molar-refractivity contribution in [1.29, 1.82) is 0 Å². The van der Waals surface area contributed by atoms with Crippen molar-refractivity contribution in [3.05, 3.63) is 52.0 Å². The summed E-state index contributed by atoms with van der Waals surface area (Å²) in [4.78, 5) is 38.9. The first-order valence-electron chi connectivity index (χ1n) is 8.96. The number of hydrogen-bond acceptors (Lipinski definition) is 6. The molecule has 8 nitrogen and oxygen atoms in total. The fourth-order valence-electron chi connectivity index (χ4n) is 2.93. The molecular formula is C21H19BrN2O6. The number of urea groups is 1. The summed E-state index contributed by atoms with van der Waals surface area (Å²) < 4.78 is 16.6. The van der Waals surface area contributed by atoms with Gasteiger partial charge in [-0.15, -0.1) is 0 Å². The van der Waals surface area contributed by atoms with Gasteiger partial charge in [-0.1, -0.05) is 28.1 Å². The minimum absolute atomic E-state index is 0.214. The number of anilines is 1. The highest BCUT2D eigenvalue weighted by molar-refractivity contribution is 9.10. The van der Waals surface area contributed by atoms with Gasteiger partial charge in [-0.05, 0) is 42.8 Å². The molecule has 0 unspecified atom stereocenters. The van der Waals surface area contributed by atoms with E-state index in [0.717, 1.165) is 4.90 Å². The molecule has 2 aromatic carbocycles. The van der Waals surface area contributed by atoms with Gasteiger partial charge in [0.05, 0.1) is 26.5 Å². The Morgan fingerprint density at radius 2 is 1.70 bits per heavy atom. The topological polar surface area (TPSA) is 94.2 Å². The van der Waals surface area contributed by atoms with Crippen molar-refractivity contribution < 1.29 is 28.6 Å². The van der Waals surface area contributed by atoms with Crippen LogP contribution in [-0.2, 0) is 9.59 Å². The maximum Gasteiger partial charge on any atom is 0.336 e. The van der Waals surface area contributed by atoms with Crippen LogP contribution in [0.3, 0.4) is 0 Å². The lowest BCUT2D eigenvalue weighted by molar-refractivity contribution is -0.122. The monoisotopic (exact) mass is 474 g/mol. The lowest BCUT2D eigenvalue weighted by atomic mass is 10.1. The number of halogens is 1. The van der Waals surface area contributed by atoms with Crippen LogP contribution in [0.15, 0.2) is 46.4 Å². The lowest BCUT2D eigenvalue weighted by Crippen LogP contribution is -2.54. The zero-order valence-corrected chi connectivity index (χ0v) is 18.1. The molecule has 1 aliphatic rings. The predicted octanol–water partition coefficient (Wildman–Crippen LogP) is 3.53. The van der Waals surface area contributed by atoms with E-state index in [-0.39, 0.29) is 11.3 Å². The molecule has 3 rings (SSSR count). The highest BCUT2D eigenvalue weighted by Gasteiger charge is 2.38. The highest BCUT2D eigenvalue weighted by Crippen LogP contribution is 2.35. The summed E-state index contributed by atoms with van der Waals surface area (Å²) in [5.74, 6) is -0.307. The smallest absolute Gasteiger partial charge is 0.336 e. The molecule has 9 heteroatoms. The number of barbiturate groups is 1. The molecule has 1 aliphatic heterocycles. The summed E-state index contributed by atoms with van der Waals surface area (Å²) in [6.07, 6.45) is 1.38. The molecule has 1 heterocycles. The SMILES string of the molecule is CCOc1ccccc1N1C(=O)NC(=O)/C(=C\c2cc(OC)c(OC)cc2Br)C1=O. The minimum Gasteiger partial charge on any atom is -0.493 e. The molecule has 0 saturated carbocycles. The predicted molar refractivity (Wildman–Crippen MR) is 114 cm³/mol. The van der Waals surface area contributed by atoms with Crippen LogP contribution in [0.2, 0.25) is 0 Å². The van der Waals surface area contributed by atoms with Crippen molar-refractivity contribution in [1.82, 2.24) is 5.32 Å². The molecule has 0 spiro atoms. The molecule has 0 aromatic heterocycles. The summed E-state index contributed by atoms with van der Waals surface area (Å²) in [7, 11) is 2.98. The number of carbonyl (C=O) groups is 3. The Bertz CT molecular complexity index is 1050. The van der Waals surface area contributed by atoms with Crippen LogP contribution in [0, 0.1) is 0 Å². The van der Waals surface area contributed by atoms with Crippen LogP contribution < -0.4 is 24.4 Å². The van der Waals surface area contributed by atoms with E-state index in [2.05, 4.69) is 21.2 Å². The second kappa shape index (κ2) is 9.00. The maximum absolute atomic E-state index is 13.1. The third-order valence-electron chi connectivity index (χ3n) is 4.31. The molecule has 1 N–H and O–H groups in total. The van der Waals surface area contributed by atoms with E-state index in [0.29, 0.717) is 33.9 Å². The van der Waals surface area contributed by atoms with Crippen LogP contribution in [0.4, 0.5) is 10.5 Å². The number of amides is 4. The van der Waals surface area contributed by atoms with Gasteiger partial charge in [-0.2, -0.15) is 0 Å². The van der Waals surface area contributed by atoms with Gasteiger partial charge in [0.15, 0.2) is 11.5 Å². The summed E-state index contributed by atoms with van der Waals surface area (Å²) in [6, 6.07) is 9.04. The molecule has 1 fully saturated rings. The molecule has 2 aromatic rings. The van der Waals surface area contributed by atoms with Gasteiger partial charge in [0.2, 0.25) is 0 Å². The van der Waals surface area contributed by atoms with Crippen molar-refractivity contribution in [2.75, 3.05) is 25.7 Å². The van der Waals surface area contributed by atoms with Crippen molar-refractivity contribution in [3.8, 4) is 17.2 Å². The molecule has 0 atom stereocenters. The Morgan fingerprint density at radius 3 is 2.37 bits per heavy atom. The fraction of sp³-hybridized carbons (Fsp3) is 0.190. The van der Waals surface area contributed by atoms with E-state index in [1.54, 1.807) is 43.3 Å². The van der Waals surface area contributed by atoms with Gasteiger partial charge >= 0.3 is 6.03 Å². The number of para-hydroxylation sites is 2. The van der Waals surface area contributed by atoms with Gasteiger partial charge in [0, 0.05) is 4.47 Å². The second-order valence-electron chi connectivity index (χ2n) is 6.09. The van der Waals surface area contributed by atoms with Gasteiger partial charge < -0.3 is 14.2 Å². The Balaban J connectivity index is 2.08. The minimum atomic E-state index is -0.847. The number of carbonyl (C=O) groups excluding carboxylic acids is 3. The molecule has 1 saturated heterocycles. The van der Waals surface area contributed by atoms with E-state index in [1.807, 2.05) is 0 Å². The summed E-state index contributed by atoms with van der Waals surface area (Å²) in [5.41, 5.74) is 0.527. The summed E-state index contributed by atoms with van der Waals surface area (Å²) in [5, 5.41) is 2.20. The number of nitrogens with one attached hydrogen (secondary N) is 1. The van der Waals surface area contributed by atoms with E-state index < -0.39 is 17.8 Å². The van der Waals surface area contributed by atoms with Gasteiger partial charge in [0.1, 0.15) is 11.3 Å². The molecule has 0 aliphatic carbocycles. The zero-order valence-electron chi connectivity index (χ0n) is 16.5. The van der Waals surface area contributed by atoms with E-state index >= 15 is 0 Å². The first kappa shape index (κ1) is 21.4. The Morgan fingerprint density at radius 1 is 1.03 bits per heavy atom. The van der Waals surface area contributed by atoms with E-state index in [1.165, 1.54) is 20.3 Å². The van der Waals surface area contributed by atoms with Crippen LogP contribution in [-0.4, -0.2) is 38.7 Å². The largest absolute Gasteiger partial charge is 0.493 e. The van der Waals surface area contributed by atoms with Crippen LogP contribution in [0.5, 0.6) is 17.2 Å². The van der Waals surface area contributed by atoms with Crippen molar-refractivity contribution in [3.63, 3.8) is 0 Å². The average molecular weight is 475 g/mol. The van der Waals surface area contributed by atoms with Crippen LogP contribution in [0.1, 0.15) is 12.5 Å². The Kier molecular flexibility index (Phi) is 6.41. The second-order valence-corrected chi connectivity index (χ2v) is 6.94. The van der Waals surface area contributed by atoms with Crippen molar-refractivity contribution in [2.24, 2.45) is 0 Å². The number of hydrogen-bond donors (Lipinski definition) is 1. The quantitative estimate of drug-likeness (QED) is 0.508. The first-order chi connectivity index (χ1) is 14.4. The third kappa shape index (κ3) is 4.02. The average Bonchev–Trinajstić information content (AvgIpc) is 2.73. The van der Waals surface area contributed by atoms with Crippen LogP contribution in [0.25, 0.3) is 6.08 Å². The van der Waals surface area contributed by atoms with Crippen LogP contribution >= 0.6 is 15.9 Å². The first-order valence-corrected chi connectivity index (χ1v) is 9.75. The third-order valence-corrected chi connectivity index (χ3v) is 5.00. The van der Waals surface area contributed by atoms with Crippen molar-refractivity contribution in [2.45, 2.75) is 6.92 Å². The summed E-state index contributed by atoms with van der Waals surface area (Å²) >= 11 is 3.40. The molecule has 0 radical (unpaired) electrons. The molecule has 30 heavy (non-hydrogen) atoms. The molecule has 4 amide bonds. The molecule has 0 bridgehead atoms. The Hall–Kier alpha value is -3.33. The number of ether oxygens (including phenoxy) is 3. The number of rotatable bonds is 6. The Labute approximate surface area is 181 Å². The normalized spacial score (nSPS) is 15.3. The van der Waals surface area contributed by atoms with Crippen molar-refractivity contribution >= 4 is 45.5 Å². The van der Waals surface area contributed by atoms with Gasteiger partial charge in [-0.25, -0.2) is 9.69 Å². The highest BCUT2D eigenvalue weighted by atomic mass is 79.9. The number of nitrogens with zero attached hydrogens (tertiary/aromatic N) is 1. The molecular weight excluding hydrogens is 456 g/mol. The zero-order chi connectivity index (χ0) is 21.8. The maximum atomic E-state index is 13.1. The van der Waals surface area contributed by atoms with E-state index in [9.17, 15) is 14.4 Å². The van der Waals surface area contributed by atoms with Gasteiger partial charge in [-0.3, -0.25) is 14.9 Å². The lowest BCUT2D eigenvalue weighted by Gasteiger charge is -2.27. The standard InChI is InChI=1S/C21H19BrN2O6/c1-4-30-16-8-6-5-7-15(16)24-20(26)13(19(25)23-21(24)27)9-12-10-17(28-2)18(29-3)11-14(12)22/h5-11H,4H2,1-3H3,(H,23,25,27)/b13-9+. The fourth-order valence-corrected chi connectivity index (χ4v) is 3.37. The van der Waals surface area contributed by atoms with Gasteiger partial charge in [0.25, 0.3) is 11.8 Å². The molecule has 156 valence electrons. The van der Waals surface area contributed by atoms with E-state index in [4.69, 9.17) is 14.2 Å². The summed E-state index contributed by atoms with van der Waals surface area (Å²) in [6.45, 7) is 2.14. The number of imide groups is 2.